The number of hydrogen-bond donors (Lipinski definition) is 0. The molecule has 0 aromatic heterocycles. The minimum absolute atomic E-state index is 0.187. The molecular weight excluding hydrogens is 358 g/mol. The Kier molecular flexibility index (Phi) is 5.05. The van der Waals surface area contributed by atoms with E-state index in [1.807, 2.05) is 0 Å². The fraction of sp³-hybridized carbons (Fsp3) is 0.368. The van der Waals surface area contributed by atoms with Gasteiger partial charge in [-0.1, -0.05) is 30.3 Å². The van der Waals surface area contributed by atoms with E-state index in [0.29, 0.717) is 11.1 Å². The van der Waals surface area contributed by atoms with Crippen LogP contribution in [0.25, 0.3) is 0 Å². The molecule has 142 valence electrons. The number of rotatable bonds is 3. The Morgan fingerprint density at radius 1 is 0.654 bits per heavy atom. The molecular formula is C19H18F6O. The molecule has 7 heteroatoms. The van der Waals surface area contributed by atoms with Gasteiger partial charge < -0.3 is 4.74 Å². The third-order valence-electron chi connectivity index (χ3n) is 4.62. The zero-order valence-electron chi connectivity index (χ0n) is 14.6. The second kappa shape index (κ2) is 6.52. The maximum absolute atomic E-state index is 14.0. The molecule has 0 unspecified atom stereocenters. The van der Waals surface area contributed by atoms with Crippen molar-refractivity contribution in [2.45, 2.75) is 38.5 Å². The average molecular weight is 376 g/mol. The molecule has 0 N–H and O–H groups in total. The van der Waals surface area contributed by atoms with E-state index < -0.39 is 28.9 Å². The largest absolute Gasteiger partial charge is 0.496 e. The van der Waals surface area contributed by atoms with Gasteiger partial charge in [-0.2, -0.15) is 26.3 Å². The number of methoxy groups -OCH3 is 1. The molecule has 0 aliphatic heterocycles. The van der Waals surface area contributed by atoms with Gasteiger partial charge in [0, 0.05) is 0 Å². The molecule has 2 aromatic carbocycles. The van der Waals surface area contributed by atoms with Gasteiger partial charge in [0.15, 0.2) is 0 Å². The van der Waals surface area contributed by atoms with Crippen molar-refractivity contribution in [1.82, 2.24) is 0 Å². The molecule has 0 fully saturated rings. The van der Waals surface area contributed by atoms with Gasteiger partial charge in [-0.3, -0.25) is 0 Å². The first kappa shape index (κ1) is 20.1. The van der Waals surface area contributed by atoms with Crippen LogP contribution in [0.4, 0.5) is 26.3 Å². The standard InChI is InChI=1S/C19H18F6O/c1-11-5-6-14(9-12(11)2)17(18(20,21)22,19(23,24)25)15-7-8-16(26-4)13(3)10-15/h5-10H,1-4H3. The van der Waals surface area contributed by atoms with Crippen molar-refractivity contribution in [3.8, 4) is 5.75 Å². The van der Waals surface area contributed by atoms with Crippen LogP contribution in [0.1, 0.15) is 27.8 Å². The third-order valence-corrected chi connectivity index (χ3v) is 4.62. The summed E-state index contributed by atoms with van der Waals surface area (Å²) in [5.41, 5.74) is -4.73. The summed E-state index contributed by atoms with van der Waals surface area (Å²) in [4.78, 5) is 0. The summed E-state index contributed by atoms with van der Waals surface area (Å²) < 4.78 is 89.2. The molecule has 0 spiro atoms. The van der Waals surface area contributed by atoms with Crippen LogP contribution in [-0.4, -0.2) is 19.5 Å². The van der Waals surface area contributed by atoms with Gasteiger partial charge in [-0.25, -0.2) is 0 Å². The summed E-state index contributed by atoms with van der Waals surface area (Å²) in [6.45, 7) is 4.51. The number of ether oxygens (including phenoxy) is 1. The van der Waals surface area contributed by atoms with E-state index in [1.54, 1.807) is 6.92 Å². The average Bonchev–Trinajstić information content (AvgIpc) is 2.49. The third kappa shape index (κ3) is 3.04. The Balaban J connectivity index is 2.93. The van der Waals surface area contributed by atoms with E-state index in [-0.39, 0.29) is 11.3 Å². The van der Waals surface area contributed by atoms with Crippen LogP contribution in [0.5, 0.6) is 5.75 Å². The van der Waals surface area contributed by atoms with Gasteiger partial charge in [-0.15, -0.1) is 0 Å². The molecule has 2 aromatic rings. The van der Waals surface area contributed by atoms with Gasteiger partial charge in [-0.05, 0) is 54.7 Å². The van der Waals surface area contributed by atoms with Crippen molar-refractivity contribution in [3.63, 3.8) is 0 Å². The first-order valence-electron chi connectivity index (χ1n) is 7.72. The normalized spacial score (nSPS) is 13.0. The molecule has 0 aliphatic carbocycles. The summed E-state index contributed by atoms with van der Waals surface area (Å²) >= 11 is 0. The molecule has 0 saturated carbocycles. The van der Waals surface area contributed by atoms with Gasteiger partial charge in [0.05, 0.1) is 7.11 Å². The number of benzene rings is 2. The van der Waals surface area contributed by atoms with Crippen LogP contribution in [0, 0.1) is 20.8 Å². The predicted octanol–water partition coefficient (Wildman–Crippen LogP) is 6.03. The van der Waals surface area contributed by atoms with Crippen molar-refractivity contribution < 1.29 is 31.1 Å². The predicted molar refractivity (Wildman–Crippen MR) is 86.5 cm³/mol. The Bertz CT molecular complexity index is 791. The van der Waals surface area contributed by atoms with Crippen molar-refractivity contribution in [3.05, 3.63) is 64.2 Å². The van der Waals surface area contributed by atoms with Crippen molar-refractivity contribution in [2.24, 2.45) is 0 Å². The lowest BCUT2D eigenvalue weighted by Gasteiger charge is -2.38. The van der Waals surface area contributed by atoms with Crippen LogP contribution >= 0.6 is 0 Å². The van der Waals surface area contributed by atoms with Gasteiger partial charge in [0.25, 0.3) is 0 Å². The SMILES string of the molecule is COc1ccc(C(c2ccc(C)c(C)c2)(C(F)(F)F)C(F)(F)F)cc1C. The molecule has 1 nitrogen and oxygen atoms in total. The smallest absolute Gasteiger partial charge is 0.411 e. The first-order valence-corrected chi connectivity index (χ1v) is 7.72. The fourth-order valence-corrected chi connectivity index (χ4v) is 3.07. The number of halogens is 6. The lowest BCUT2D eigenvalue weighted by Crippen LogP contribution is -2.54. The molecule has 0 saturated heterocycles. The number of alkyl halides is 6. The highest BCUT2D eigenvalue weighted by molar-refractivity contribution is 5.49. The zero-order valence-corrected chi connectivity index (χ0v) is 14.6. The van der Waals surface area contributed by atoms with E-state index in [2.05, 4.69) is 0 Å². The first-order chi connectivity index (χ1) is 11.9. The van der Waals surface area contributed by atoms with E-state index >= 15 is 0 Å². The number of hydrogen-bond acceptors (Lipinski definition) is 1. The maximum atomic E-state index is 14.0. The molecule has 0 bridgehead atoms. The highest BCUT2D eigenvalue weighted by Crippen LogP contribution is 2.56. The second-order valence-electron chi connectivity index (χ2n) is 6.23. The van der Waals surface area contributed by atoms with Gasteiger partial charge >= 0.3 is 12.4 Å². The summed E-state index contributed by atoms with van der Waals surface area (Å²) in [6.07, 6.45) is -11.2. The van der Waals surface area contributed by atoms with E-state index in [9.17, 15) is 26.3 Å². The Morgan fingerprint density at radius 2 is 1.12 bits per heavy atom. The summed E-state index contributed by atoms with van der Waals surface area (Å²) in [5, 5.41) is 0. The van der Waals surface area contributed by atoms with Crippen LogP contribution in [0.3, 0.4) is 0 Å². The fourth-order valence-electron chi connectivity index (χ4n) is 3.07. The van der Waals surface area contributed by atoms with E-state index in [1.165, 1.54) is 27.0 Å². The Hall–Kier alpha value is -2.18. The molecule has 0 heterocycles. The van der Waals surface area contributed by atoms with Crippen LogP contribution in [0.15, 0.2) is 36.4 Å². The molecule has 26 heavy (non-hydrogen) atoms. The quantitative estimate of drug-likeness (QED) is 0.594. The summed E-state index contributed by atoms with van der Waals surface area (Å²) in [5.74, 6) is 0.215. The molecule has 0 radical (unpaired) electrons. The van der Waals surface area contributed by atoms with Crippen LogP contribution < -0.4 is 4.74 Å². The molecule has 0 amide bonds. The van der Waals surface area contributed by atoms with Crippen molar-refractivity contribution in [2.75, 3.05) is 7.11 Å². The summed E-state index contributed by atoms with van der Waals surface area (Å²) in [6, 6.07) is 5.95. The minimum Gasteiger partial charge on any atom is -0.496 e. The van der Waals surface area contributed by atoms with Crippen LogP contribution in [0.2, 0.25) is 0 Å². The van der Waals surface area contributed by atoms with Crippen LogP contribution in [-0.2, 0) is 5.41 Å². The second-order valence-corrected chi connectivity index (χ2v) is 6.23. The topological polar surface area (TPSA) is 9.23 Å². The Labute approximate surface area is 147 Å². The monoisotopic (exact) mass is 376 g/mol. The lowest BCUT2D eigenvalue weighted by atomic mass is 9.72. The van der Waals surface area contributed by atoms with Gasteiger partial charge in [0.1, 0.15) is 5.75 Å². The zero-order chi connectivity index (χ0) is 19.9. The maximum Gasteiger partial charge on any atom is 0.411 e. The highest BCUT2D eigenvalue weighted by Gasteiger charge is 2.72. The van der Waals surface area contributed by atoms with E-state index in [0.717, 1.165) is 30.3 Å². The molecule has 0 atom stereocenters. The van der Waals surface area contributed by atoms with E-state index in [4.69, 9.17) is 4.74 Å². The highest BCUT2D eigenvalue weighted by atomic mass is 19.4. The Morgan fingerprint density at radius 3 is 1.50 bits per heavy atom. The molecule has 2 rings (SSSR count). The van der Waals surface area contributed by atoms with Gasteiger partial charge in [0.2, 0.25) is 5.41 Å². The number of aryl methyl sites for hydroxylation is 3. The molecule has 0 aliphatic rings. The summed E-state index contributed by atoms with van der Waals surface area (Å²) in [7, 11) is 1.30. The van der Waals surface area contributed by atoms with Crippen molar-refractivity contribution in [1.29, 1.82) is 0 Å². The van der Waals surface area contributed by atoms with Crippen molar-refractivity contribution >= 4 is 0 Å². The minimum atomic E-state index is -5.59. The lowest BCUT2D eigenvalue weighted by molar-refractivity contribution is -0.288.